The van der Waals surface area contributed by atoms with Crippen LogP contribution in [-0.4, -0.2) is 25.2 Å². The van der Waals surface area contributed by atoms with Crippen LogP contribution in [0.3, 0.4) is 0 Å². The zero-order chi connectivity index (χ0) is 10.8. The fourth-order valence-electron chi connectivity index (χ4n) is 2.19. The molecule has 0 aliphatic carbocycles. The van der Waals surface area contributed by atoms with Gasteiger partial charge in [0.15, 0.2) is 0 Å². The van der Waals surface area contributed by atoms with E-state index >= 15 is 0 Å². The van der Waals surface area contributed by atoms with E-state index in [2.05, 4.69) is 55.3 Å². The van der Waals surface area contributed by atoms with Crippen LogP contribution in [0.15, 0.2) is 24.3 Å². The Hall–Kier alpha value is -1.02. The first kappa shape index (κ1) is 10.5. The predicted molar refractivity (Wildman–Crippen MR) is 65.5 cm³/mol. The van der Waals surface area contributed by atoms with Crippen molar-refractivity contribution < 1.29 is 0 Å². The van der Waals surface area contributed by atoms with Gasteiger partial charge in [0.1, 0.15) is 0 Å². The molecule has 2 rings (SSSR count). The van der Waals surface area contributed by atoms with Gasteiger partial charge >= 0.3 is 0 Å². The number of anilines is 1. The minimum atomic E-state index is 0.585. The van der Waals surface area contributed by atoms with Gasteiger partial charge in [0.05, 0.1) is 0 Å². The fraction of sp³-hybridized carbons (Fsp3) is 0.538. The summed E-state index contributed by atoms with van der Waals surface area (Å²) in [7, 11) is 0. The maximum absolute atomic E-state index is 3.50. The Labute approximate surface area is 92.3 Å². The number of nitrogens with zero attached hydrogens (tertiary/aromatic N) is 1. The summed E-state index contributed by atoms with van der Waals surface area (Å²) >= 11 is 0. The molecule has 82 valence electrons. The summed E-state index contributed by atoms with van der Waals surface area (Å²) in [6, 6.07) is 9.95. The van der Waals surface area contributed by atoms with Crippen LogP contribution in [0, 0.1) is 6.92 Å². The van der Waals surface area contributed by atoms with Crippen LogP contribution in [0.4, 0.5) is 5.69 Å². The van der Waals surface area contributed by atoms with Crippen molar-refractivity contribution in [1.29, 1.82) is 0 Å². The van der Waals surface area contributed by atoms with Crippen LogP contribution in [-0.2, 0) is 0 Å². The molecule has 0 bridgehead atoms. The zero-order valence-electron chi connectivity index (χ0n) is 9.83. The molecule has 1 aromatic carbocycles. The molecule has 1 saturated heterocycles. The molecule has 0 aromatic heterocycles. The molecule has 2 heteroatoms. The molecular weight excluding hydrogens is 184 g/mol. The molecule has 1 fully saturated rings. The average Bonchev–Trinajstić information content (AvgIpc) is 2.22. The summed E-state index contributed by atoms with van der Waals surface area (Å²) in [5.41, 5.74) is 2.70. The Balaban J connectivity index is 2.21. The summed E-state index contributed by atoms with van der Waals surface area (Å²) in [6.45, 7) is 8.86. The highest BCUT2D eigenvalue weighted by Gasteiger charge is 2.22. The van der Waals surface area contributed by atoms with Crippen molar-refractivity contribution in [1.82, 2.24) is 5.32 Å². The largest absolute Gasteiger partial charge is 0.366 e. The minimum Gasteiger partial charge on any atom is -0.366 e. The van der Waals surface area contributed by atoms with Crippen molar-refractivity contribution in [3.63, 3.8) is 0 Å². The highest BCUT2D eigenvalue weighted by atomic mass is 15.2. The molecule has 1 aliphatic rings. The zero-order valence-corrected chi connectivity index (χ0v) is 9.83. The SMILES string of the molecule is Cc1cccc(N2CC(C)NCC2C)c1. The average molecular weight is 204 g/mol. The van der Waals surface area contributed by atoms with E-state index in [0.717, 1.165) is 13.1 Å². The minimum absolute atomic E-state index is 0.585. The lowest BCUT2D eigenvalue weighted by molar-refractivity contribution is 0.425. The van der Waals surface area contributed by atoms with Gasteiger partial charge in [0.25, 0.3) is 0 Å². The van der Waals surface area contributed by atoms with E-state index in [9.17, 15) is 0 Å². The molecule has 1 aromatic rings. The molecule has 0 spiro atoms. The van der Waals surface area contributed by atoms with Gasteiger partial charge < -0.3 is 10.2 Å². The quantitative estimate of drug-likeness (QED) is 0.754. The van der Waals surface area contributed by atoms with E-state index in [1.54, 1.807) is 0 Å². The maximum Gasteiger partial charge on any atom is 0.0387 e. The van der Waals surface area contributed by atoms with Gasteiger partial charge in [-0.05, 0) is 38.5 Å². The van der Waals surface area contributed by atoms with E-state index in [1.807, 2.05) is 0 Å². The number of aryl methyl sites for hydroxylation is 1. The Bertz CT molecular complexity index is 335. The number of hydrogen-bond donors (Lipinski definition) is 1. The number of nitrogens with one attached hydrogen (secondary N) is 1. The van der Waals surface area contributed by atoms with Crippen molar-refractivity contribution in [2.45, 2.75) is 32.9 Å². The van der Waals surface area contributed by atoms with Gasteiger partial charge in [-0.1, -0.05) is 12.1 Å². The van der Waals surface area contributed by atoms with Gasteiger partial charge in [0, 0.05) is 30.9 Å². The predicted octanol–water partition coefficient (Wildman–Crippen LogP) is 2.18. The topological polar surface area (TPSA) is 15.3 Å². The van der Waals surface area contributed by atoms with Gasteiger partial charge in [-0.2, -0.15) is 0 Å². The van der Waals surface area contributed by atoms with Gasteiger partial charge in [0.2, 0.25) is 0 Å². The standard InChI is InChI=1S/C13H20N2/c1-10-5-4-6-13(7-10)15-9-11(2)14-8-12(15)3/h4-7,11-12,14H,8-9H2,1-3H3. The third-order valence-corrected chi connectivity index (χ3v) is 3.10. The van der Waals surface area contributed by atoms with Gasteiger partial charge in [-0.3, -0.25) is 0 Å². The van der Waals surface area contributed by atoms with Crippen LogP contribution in [0.25, 0.3) is 0 Å². The molecule has 15 heavy (non-hydrogen) atoms. The molecule has 2 nitrogen and oxygen atoms in total. The Morgan fingerprint density at radius 2 is 2.13 bits per heavy atom. The van der Waals surface area contributed by atoms with E-state index < -0.39 is 0 Å². The summed E-state index contributed by atoms with van der Waals surface area (Å²) in [4.78, 5) is 2.49. The number of benzene rings is 1. The number of hydrogen-bond acceptors (Lipinski definition) is 2. The second kappa shape index (κ2) is 4.23. The molecular formula is C13H20N2. The van der Waals surface area contributed by atoms with Crippen molar-refractivity contribution >= 4 is 5.69 Å². The number of rotatable bonds is 1. The first-order valence-electron chi connectivity index (χ1n) is 5.73. The monoisotopic (exact) mass is 204 g/mol. The molecule has 1 N–H and O–H groups in total. The van der Waals surface area contributed by atoms with E-state index in [1.165, 1.54) is 11.3 Å². The summed E-state index contributed by atoms with van der Waals surface area (Å²) in [5.74, 6) is 0. The summed E-state index contributed by atoms with van der Waals surface area (Å²) in [6.07, 6.45) is 0. The third-order valence-electron chi connectivity index (χ3n) is 3.10. The normalized spacial score (nSPS) is 26.7. The Kier molecular flexibility index (Phi) is 2.96. The van der Waals surface area contributed by atoms with Crippen LogP contribution < -0.4 is 10.2 Å². The van der Waals surface area contributed by atoms with Gasteiger partial charge in [-0.25, -0.2) is 0 Å². The summed E-state index contributed by atoms with van der Waals surface area (Å²) < 4.78 is 0. The van der Waals surface area contributed by atoms with E-state index in [-0.39, 0.29) is 0 Å². The smallest absolute Gasteiger partial charge is 0.0387 e. The Morgan fingerprint density at radius 3 is 2.87 bits per heavy atom. The molecule has 0 saturated carbocycles. The van der Waals surface area contributed by atoms with E-state index in [0.29, 0.717) is 12.1 Å². The first-order chi connectivity index (χ1) is 7.16. The van der Waals surface area contributed by atoms with Crippen LogP contribution in [0.2, 0.25) is 0 Å². The lowest BCUT2D eigenvalue weighted by Crippen LogP contribution is -2.54. The van der Waals surface area contributed by atoms with Gasteiger partial charge in [-0.15, -0.1) is 0 Å². The van der Waals surface area contributed by atoms with Crippen LogP contribution >= 0.6 is 0 Å². The third kappa shape index (κ3) is 2.32. The van der Waals surface area contributed by atoms with Crippen LogP contribution in [0.5, 0.6) is 0 Å². The lowest BCUT2D eigenvalue weighted by Gasteiger charge is -2.39. The molecule has 0 radical (unpaired) electrons. The molecule has 1 aliphatic heterocycles. The fourth-order valence-corrected chi connectivity index (χ4v) is 2.19. The molecule has 2 unspecified atom stereocenters. The van der Waals surface area contributed by atoms with Crippen LogP contribution in [0.1, 0.15) is 19.4 Å². The van der Waals surface area contributed by atoms with Crippen molar-refractivity contribution in [3.8, 4) is 0 Å². The maximum atomic E-state index is 3.50. The first-order valence-corrected chi connectivity index (χ1v) is 5.73. The number of piperazine rings is 1. The Morgan fingerprint density at radius 1 is 1.33 bits per heavy atom. The lowest BCUT2D eigenvalue weighted by atomic mass is 10.1. The summed E-state index contributed by atoms with van der Waals surface area (Å²) in [5, 5.41) is 3.50. The molecule has 1 heterocycles. The highest BCUT2D eigenvalue weighted by Crippen LogP contribution is 2.20. The van der Waals surface area contributed by atoms with Crippen molar-refractivity contribution in [2.24, 2.45) is 0 Å². The second-order valence-electron chi connectivity index (χ2n) is 4.65. The highest BCUT2D eigenvalue weighted by molar-refractivity contribution is 5.50. The van der Waals surface area contributed by atoms with Crippen molar-refractivity contribution in [3.05, 3.63) is 29.8 Å². The second-order valence-corrected chi connectivity index (χ2v) is 4.65. The molecule has 0 amide bonds. The van der Waals surface area contributed by atoms with E-state index in [4.69, 9.17) is 0 Å². The van der Waals surface area contributed by atoms with Crippen molar-refractivity contribution in [2.75, 3.05) is 18.0 Å². The molecule has 2 atom stereocenters.